The number of hydrogen-bond acceptors (Lipinski definition) is 6. The molecule has 0 aliphatic rings. The van der Waals surface area contributed by atoms with Crippen molar-refractivity contribution in [2.24, 2.45) is 5.73 Å². The van der Waals surface area contributed by atoms with Gasteiger partial charge in [0.05, 0.1) is 0 Å². The number of amidine groups is 1. The van der Waals surface area contributed by atoms with E-state index in [-0.39, 0.29) is 5.84 Å². The highest BCUT2D eigenvalue weighted by Crippen LogP contribution is 2.26. The maximum absolute atomic E-state index is 7.41. The first-order valence-corrected chi connectivity index (χ1v) is 5.26. The smallest absolute Gasteiger partial charge is 0.282 e. The standard InChI is InChI=1S/C9H9N5OS/c1-5-13-14-9(15-5)16-8-6(7(10)11)3-2-4-12-8/h2-4H,1H3,(H3,10,11). The van der Waals surface area contributed by atoms with Crippen molar-refractivity contribution in [1.82, 2.24) is 15.2 Å². The van der Waals surface area contributed by atoms with E-state index in [0.29, 0.717) is 21.7 Å². The molecule has 0 aromatic carbocycles. The minimum atomic E-state index is -0.0353. The van der Waals surface area contributed by atoms with E-state index in [1.807, 2.05) is 0 Å². The van der Waals surface area contributed by atoms with Crippen LogP contribution in [-0.4, -0.2) is 21.0 Å². The molecule has 0 aliphatic heterocycles. The van der Waals surface area contributed by atoms with E-state index < -0.39 is 0 Å². The van der Waals surface area contributed by atoms with E-state index in [1.165, 1.54) is 11.8 Å². The van der Waals surface area contributed by atoms with Gasteiger partial charge in [-0.2, -0.15) is 0 Å². The molecule has 3 N–H and O–H groups in total. The number of aryl methyl sites for hydroxylation is 1. The molecule has 16 heavy (non-hydrogen) atoms. The Morgan fingerprint density at radius 1 is 1.50 bits per heavy atom. The summed E-state index contributed by atoms with van der Waals surface area (Å²) < 4.78 is 5.21. The number of nitrogen functional groups attached to an aromatic ring is 1. The Kier molecular flexibility index (Phi) is 2.86. The van der Waals surface area contributed by atoms with Crippen molar-refractivity contribution in [3.8, 4) is 0 Å². The zero-order valence-electron chi connectivity index (χ0n) is 8.47. The van der Waals surface area contributed by atoms with Gasteiger partial charge in [-0.3, -0.25) is 5.41 Å². The fraction of sp³-hybridized carbons (Fsp3) is 0.111. The van der Waals surface area contributed by atoms with E-state index in [4.69, 9.17) is 15.6 Å². The number of hydrogen-bond donors (Lipinski definition) is 2. The minimum Gasteiger partial charge on any atom is -0.416 e. The summed E-state index contributed by atoms with van der Waals surface area (Å²) in [6, 6.07) is 3.45. The van der Waals surface area contributed by atoms with E-state index >= 15 is 0 Å². The van der Waals surface area contributed by atoms with Crippen LogP contribution < -0.4 is 5.73 Å². The fourth-order valence-electron chi connectivity index (χ4n) is 1.08. The Hall–Kier alpha value is -1.89. The average molecular weight is 235 g/mol. The number of nitrogens with zero attached hydrogens (tertiary/aromatic N) is 3. The molecule has 0 aliphatic carbocycles. The highest BCUT2D eigenvalue weighted by molar-refractivity contribution is 7.99. The molecule has 0 amide bonds. The highest BCUT2D eigenvalue weighted by atomic mass is 32.2. The summed E-state index contributed by atoms with van der Waals surface area (Å²) in [5, 5.41) is 15.9. The predicted molar refractivity (Wildman–Crippen MR) is 58.4 cm³/mol. The van der Waals surface area contributed by atoms with Gasteiger partial charge in [0, 0.05) is 18.7 Å². The third-order valence-corrected chi connectivity index (χ3v) is 2.61. The molecular weight excluding hydrogens is 226 g/mol. The van der Waals surface area contributed by atoms with Gasteiger partial charge in [-0.15, -0.1) is 10.2 Å². The summed E-state index contributed by atoms with van der Waals surface area (Å²) in [4.78, 5) is 4.12. The van der Waals surface area contributed by atoms with Crippen LogP contribution in [0.25, 0.3) is 0 Å². The Morgan fingerprint density at radius 3 is 2.94 bits per heavy atom. The molecule has 0 spiro atoms. The molecule has 0 unspecified atom stereocenters. The lowest BCUT2D eigenvalue weighted by molar-refractivity contribution is 0.429. The summed E-state index contributed by atoms with van der Waals surface area (Å²) in [6.45, 7) is 1.71. The molecule has 2 aromatic heterocycles. The maximum Gasteiger partial charge on any atom is 0.282 e. The summed E-state index contributed by atoms with van der Waals surface area (Å²) >= 11 is 1.19. The summed E-state index contributed by atoms with van der Waals surface area (Å²) in [7, 11) is 0. The Labute approximate surface area is 95.8 Å². The minimum absolute atomic E-state index is 0.0353. The summed E-state index contributed by atoms with van der Waals surface area (Å²) in [6.07, 6.45) is 1.62. The quantitative estimate of drug-likeness (QED) is 0.612. The van der Waals surface area contributed by atoms with Crippen molar-refractivity contribution in [3.05, 3.63) is 29.8 Å². The second-order valence-corrected chi connectivity index (χ2v) is 3.90. The van der Waals surface area contributed by atoms with Crippen molar-refractivity contribution >= 4 is 17.6 Å². The van der Waals surface area contributed by atoms with E-state index in [1.54, 1.807) is 25.3 Å². The molecule has 2 heterocycles. The van der Waals surface area contributed by atoms with Gasteiger partial charge in [-0.1, -0.05) is 0 Å². The molecule has 0 radical (unpaired) electrons. The van der Waals surface area contributed by atoms with Crippen LogP contribution in [0.15, 0.2) is 33.0 Å². The van der Waals surface area contributed by atoms with Crippen molar-refractivity contribution in [2.75, 3.05) is 0 Å². The molecule has 0 bridgehead atoms. The van der Waals surface area contributed by atoms with E-state index in [9.17, 15) is 0 Å². The van der Waals surface area contributed by atoms with Gasteiger partial charge in [-0.05, 0) is 23.9 Å². The number of nitrogens with one attached hydrogen (secondary N) is 1. The Morgan fingerprint density at radius 2 is 2.31 bits per heavy atom. The largest absolute Gasteiger partial charge is 0.416 e. The third-order valence-electron chi connectivity index (χ3n) is 1.75. The molecule has 0 saturated carbocycles. The highest BCUT2D eigenvalue weighted by Gasteiger charge is 2.11. The van der Waals surface area contributed by atoms with Gasteiger partial charge in [0.15, 0.2) is 0 Å². The first kappa shape index (κ1) is 10.6. The van der Waals surface area contributed by atoms with Crippen LogP contribution in [0.5, 0.6) is 0 Å². The number of rotatable bonds is 3. The zero-order chi connectivity index (χ0) is 11.5. The molecule has 7 heteroatoms. The number of aromatic nitrogens is 3. The lowest BCUT2D eigenvalue weighted by Gasteiger charge is -2.02. The van der Waals surface area contributed by atoms with Crippen molar-refractivity contribution in [3.63, 3.8) is 0 Å². The van der Waals surface area contributed by atoms with Crippen LogP contribution in [-0.2, 0) is 0 Å². The Bertz CT molecular complexity index is 524. The molecule has 0 atom stereocenters. The van der Waals surface area contributed by atoms with Gasteiger partial charge < -0.3 is 10.2 Å². The molecule has 2 aromatic rings. The lowest BCUT2D eigenvalue weighted by atomic mass is 10.3. The molecule has 0 saturated heterocycles. The van der Waals surface area contributed by atoms with Crippen molar-refractivity contribution < 1.29 is 4.42 Å². The van der Waals surface area contributed by atoms with Crippen LogP contribution in [0.1, 0.15) is 11.5 Å². The van der Waals surface area contributed by atoms with Gasteiger partial charge >= 0.3 is 0 Å². The fourth-order valence-corrected chi connectivity index (χ4v) is 1.89. The van der Waals surface area contributed by atoms with Crippen molar-refractivity contribution in [2.45, 2.75) is 17.2 Å². The van der Waals surface area contributed by atoms with Crippen molar-refractivity contribution in [1.29, 1.82) is 5.41 Å². The average Bonchev–Trinajstić information content (AvgIpc) is 2.64. The number of nitrogens with two attached hydrogens (primary N) is 1. The topological polar surface area (TPSA) is 102 Å². The first-order valence-electron chi connectivity index (χ1n) is 4.44. The van der Waals surface area contributed by atoms with Crippen LogP contribution in [0.2, 0.25) is 0 Å². The Balaban J connectivity index is 2.31. The van der Waals surface area contributed by atoms with Gasteiger partial charge in [0.1, 0.15) is 10.9 Å². The van der Waals surface area contributed by atoms with Gasteiger partial charge in [0.25, 0.3) is 5.22 Å². The van der Waals surface area contributed by atoms with Crippen LogP contribution in [0, 0.1) is 12.3 Å². The van der Waals surface area contributed by atoms with Crippen LogP contribution in [0.4, 0.5) is 0 Å². The van der Waals surface area contributed by atoms with E-state index in [2.05, 4.69) is 15.2 Å². The third kappa shape index (κ3) is 2.19. The number of pyridine rings is 1. The summed E-state index contributed by atoms with van der Waals surface area (Å²) in [5.74, 6) is 0.453. The van der Waals surface area contributed by atoms with Gasteiger partial charge in [0.2, 0.25) is 5.89 Å². The second-order valence-electron chi connectivity index (χ2n) is 2.96. The molecular formula is C9H9N5OS. The monoisotopic (exact) mass is 235 g/mol. The molecule has 2 rings (SSSR count). The second kappa shape index (κ2) is 4.31. The van der Waals surface area contributed by atoms with E-state index in [0.717, 1.165) is 0 Å². The predicted octanol–water partition coefficient (Wildman–Crippen LogP) is 1.21. The molecule has 6 nitrogen and oxygen atoms in total. The zero-order valence-corrected chi connectivity index (χ0v) is 9.28. The van der Waals surface area contributed by atoms with Gasteiger partial charge in [-0.25, -0.2) is 4.98 Å². The van der Waals surface area contributed by atoms with Crippen LogP contribution in [0.3, 0.4) is 0 Å². The normalized spacial score (nSPS) is 10.3. The lowest BCUT2D eigenvalue weighted by Crippen LogP contribution is -2.12. The molecule has 82 valence electrons. The summed E-state index contributed by atoms with van der Waals surface area (Å²) in [5.41, 5.74) is 6.00. The first-order chi connectivity index (χ1) is 7.66. The van der Waals surface area contributed by atoms with Crippen LogP contribution >= 0.6 is 11.8 Å². The maximum atomic E-state index is 7.41. The SMILES string of the molecule is Cc1nnc(Sc2ncccc2C(=N)N)o1. The molecule has 0 fully saturated rings.